The monoisotopic (exact) mass is 432 g/mol. The molecule has 2 aromatic carbocycles. The van der Waals surface area contributed by atoms with E-state index in [1.807, 2.05) is 31.2 Å². The number of carbonyl (C=O) groups is 2. The molecule has 0 spiro atoms. The van der Waals surface area contributed by atoms with E-state index in [0.717, 1.165) is 36.3 Å². The number of carbonyl (C=O) groups excluding carboxylic acids is 2. The van der Waals surface area contributed by atoms with Gasteiger partial charge in [0.05, 0.1) is 13.2 Å². The molecule has 6 nitrogen and oxygen atoms in total. The molecule has 2 aromatic rings. The van der Waals surface area contributed by atoms with Crippen LogP contribution in [-0.4, -0.2) is 44.7 Å². The van der Waals surface area contributed by atoms with E-state index in [9.17, 15) is 18.4 Å². The number of hydrogen-bond donors (Lipinski definition) is 2. The van der Waals surface area contributed by atoms with E-state index in [4.69, 9.17) is 9.47 Å². The third kappa shape index (κ3) is 6.01. The maximum Gasteiger partial charge on any atom is 0.251 e. The summed E-state index contributed by atoms with van der Waals surface area (Å²) in [5.41, 5.74) is 0.619. The van der Waals surface area contributed by atoms with E-state index in [0.29, 0.717) is 32.4 Å². The van der Waals surface area contributed by atoms with Crippen LogP contribution in [0.3, 0.4) is 0 Å². The summed E-state index contributed by atoms with van der Waals surface area (Å²) >= 11 is 0. The molecule has 0 saturated carbocycles. The number of halogens is 2. The summed E-state index contributed by atoms with van der Waals surface area (Å²) in [6, 6.07) is 10.3. The van der Waals surface area contributed by atoms with Crippen LogP contribution >= 0.6 is 0 Å². The summed E-state index contributed by atoms with van der Waals surface area (Å²) in [7, 11) is 0. The molecule has 0 bridgehead atoms. The van der Waals surface area contributed by atoms with E-state index in [2.05, 4.69) is 10.6 Å². The van der Waals surface area contributed by atoms with Crippen LogP contribution in [0.15, 0.2) is 42.5 Å². The number of benzene rings is 2. The summed E-state index contributed by atoms with van der Waals surface area (Å²) < 4.78 is 37.5. The van der Waals surface area contributed by atoms with E-state index >= 15 is 0 Å². The number of ether oxygens (including phenoxy) is 2. The van der Waals surface area contributed by atoms with Crippen molar-refractivity contribution in [1.82, 2.24) is 10.6 Å². The quantitative estimate of drug-likeness (QED) is 0.673. The molecule has 166 valence electrons. The molecular weight excluding hydrogens is 406 g/mol. The van der Waals surface area contributed by atoms with Gasteiger partial charge in [-0.15, -0.1) is 0 Å². The van der Waals surface area contributed by atoms with Gasteiger partial charge in [0.2, 0.25) is 5.91 Å². The molecule has 2 N–H and O–H groups in total. The van der Waals surface area contributed by atoms with Gasteiger partial charge in [-0.3, -0.25) is 9.59 Å². The standard InChI is InChI=1S/C23H26F2N2O4/c1-2-31-20-5-3-17(4-6-20)23(7-9-30-10-8-23)15-27-21(28)14-26-22(29)16-11-18(24)13-19(25)12-16/h3-6,11-13H,2,7-10,14-15H2,1H3,(H,26,29)(H,27,28). The van der Waals surface area contributed by atoms with Crippen molar-refractivity contribution in [3.8, 4) is 5.75 Å². The highest BCUT2D eigenvalue weighted by Gasteiger charge is 2.35. The molecule has 0 atom stereocenters. The Labute approximate surface area is 179 Å². The molecule has 31 heavy (non-hydrogen) atoms. The lowest BCUT2D eigenvalue weighted by molar-refractivity contribution is -0.120. The first kappa shape index (κ1) is 22.7. The average molecular weight is 432 g/mol. The molecule has 0 unspecified atom stereocenters. The summed E-state index contributed by atoms with van der Waals surface area (Å²) in [6.07, 6.45) is 1.49. The van der Waals surface area contributed by atoms with Crippen LogP contribution in [0.25, 0.3) is 0 Å². The second-order valence-corrected chi connectivity index (χ2v) is 7.47. The van der Waals surface area contributed by atoms with Crippen molar-refractivity contribution in [2.24, 2.45) is 0 Å². The predicted octanol–water partition coefficient (Wildman–Crippen LogP) is 2.96. The van der Waals surface area contributed by atoms with E-state index in [-0.39, 0.29) is 23.4 Å². The van der Waals surface area contributed by atoms with Crippen molar-refractivity contribution in [2.45, 2.75) is 25.2 Å². The molecule has 1 fully saturated rings. The predicted molar refractivity (Wildman–Crippen MR) is 111 cm³/mol. The molecular formula is C23H26F2N2O4. The zero-order valence-corrected chi connectivity index (χ0v) is 17.4. The fourth-order valence-electron chi connectivity index (χ4n) is 3.68. The van der Waals surface area contributed by atoms with Gasteiger partial charge >= 0.3 is 0 Å². The van der Waals surface area contributed by atoms with Crippen LogP contribution in [0.5, 0.6) is 5.75 Å². The van der Waals surface area contributed by atoms with Gasteiger partial charge in [0.1, 0.15) is 17.4 Å². The summed E-state index contributed by atoms with van der Waals surface area (Å²) in [5.74, 6) is -2.03. The number of rotatable bonds is 8. The molecule has 2 amide bonds. The minimum Gasteiger partial charge on any atom is -0.494 e. The van der Waals surface area contributed by atoms with E-state index in [1.54, 1.807) is 0 Å². The van der Waals surface area contributed by atoms with Crippen LogP contribution < -0.4 is 15.4 Å². The van der Waals surface area contributed by atoms with Crippen molar-refractivity contribution >= 4 is 11.8 Å². The first-order valence-corrected chi connectivity index (χ1v) is 10.2. The molecule has 1 heterocycles. The lowest BCUT2D eigenvalue weighted by Gasteiger charge is -2.38. The van der Waals surface area contributed by atoms with Crippen LogP contribution in [-0.2, 0) is 14.9 Å². The molecule has 8 heteroatoms. The van der Waals surface area contributed by atoms with Crippen molar-refractivity contribution in [3.05, 3.63) is 65.2 Å². The molecule has 1 aliphatic rings. The third-order valence-electron chi connectivity index (χ3n) is 5.39. The summed E-state index contributed by atoms with van der Waals surface area (Å²) in [5, 5.41) is 5.26. The Morgan fingerprint density at radius 1 is 1.03 bits per heavy atom. The Morgan fingerprint density at radius 3 is 2.29 bits per heavy atom. The lowest BCUT2D eigenvalue weighted by atomic mass is 9.74. The summed E-state index contributed by atoms with van der Waals surface area (Å²) in [4.78, 5) is 24.4. The highest BCUT2D eigenvalue weighted by atomic mass is 19.1. The van der Waals surface area contributed by atoms with Gasteiger partial charge in [-0.1, -0.05) is 12.1 Å². The summed E-state index contributed by atoms with van der Waals surface area (Å²) in [6.45, 7) is 3.77. The molecule has 0 radical (unpaired) electrons. The Morgan fingerprint density at radius 2 is 1.68 bits per heavy atom. The normalized spacial score (nSPS) is 15.2. The fourth-order valence-corrected chi connectivity index (χ4v) is 3.68. The van der Waals surface area contributed by atoms with Crippen LogP contribution in [0.1, 0.15) is 35.7 Å². The first-order valence-electron chi connectivity index (χ1n) is 10.2. The van der Waals surface area contributed by atoms with Gasteiger partial charge in [0.25, 0.3) is 5.91 Å². The number of hydrogen-bond acceptors (Lipinski definition) is 4. The van der Waals surface area contributed by atoms with E-state index < -0.39 is 17.5 Å². The molecule has 0 aliphatic carbocycles. The van der Waals surface area contributed by atoms with Crippen LogP contribution in [0.2, 0.25) is 0 Å². The van der Waals surface area contributed by atoms with Gasteiger partial charge in [0, 0.05) is 36.8 Å². The smallest absolute Gasteiger partial charge is 0.251 e. The van der Waals surface area contributed by atoms with Crippen molar-refractivity contribution in [2.75, 3.05) is 32.9 Å². The SMILES string of the molecule is CCOc1ccc(C2(CNC(=O)CNC(=O)c3cc(F)cc(F)c3)CCOCC2)cc1. The number of nitrogens with one attached hydrogen (secondary N) is 2. The topological polar surface area (TPSA) is 76.7 Å². The Kier molecular flexibility index (Phi) is 7.57. The van der Waals surface area contributed by atoms with Crippen LogP contribution in [0.4, 0.5) is 8.78 Å². The van der Waals surface area contributed by atoms with Gasteiger partial charge in [-0.05, 0) is 49.6 Å². The van der Waals surface area contributed by atoms with E-state index in [1.165, 1.54) is 0 Å². The highest BCUT2D eigenvalue weighted by Crippen LogP contribution is 2.35. The second-order valence-electron chi connectivity index (χ2n) is 7.47. The molecule has 0 aromatic heterocycles. The highest BCUT2D eigenvalue weighted by molar-refractivity contribution is 5.96. The van der Waals surface area contributed by atoms with Gasteiger partial charge in [0.15, 0.2) is 0 Å². The van der Waals surface area contributed by atoms with Crippen molar-refractivity contribution in [3.63, 3.8) is 0 Å². The minimum atomic E-state index is -0.855. The Hall–Kier alpha value is -3.00. The Bertz CT molecular complexity index is 892. The van der Waals surface area contributed by atoms with Crippen molar-refractivity contribution in [1.29, 1.82) is 0 Å². The minimum absolute atomic E-state index is 0.180. The molecule has 1 aliphatic heterocycles. The van der Waals surface area contributed by atoms with Crippen LogP contribution in [0, 0.1) is 11.6 Å². The fraction of sp³-hybridized carbons (Fsp3) is 0.391. The largest absolute Gasteiger partial charge is 0.494 e. The zero-order chi connectivity index (χ0) is 22.3. The lowest BCUT2D eigenvalue weighted by Crippen LogP contribution is -2.47. The second kappa shape index (κ2) is 10.3. The maximum absolute atomic E-state index is 13.3. The van der Waals surface area contributed by atoms with Gasteiger partial charge in [-0.25, -0.2) is 8.78 Å². The van der Waals surface area contributed by atoms with Gasteiger partial charge < -0.3 is 20.1 Å². The maximum atomic E-state index is 13.3. The molecule has 3 rings (SSSR count). The third-order valence-corrected chi connectivity index (χ3v) is 5.39. The average Bonchev–Trinajstić information content (AvgIpc) is 2.77. The zero-order valence-electron chi connectivity index (χ0n) is 17.4. The van der Waals surface area contributed by atoms with Gasteiger partial charge in [-0.2, -0.15) is 0 Å². The first-order chi connectivity index (χ1) is 14.9. The number of amides is 2. The Balaban J connectivity index is 1.59. The molecule has 1 saturated heterocycles. The van der Waals surface area contributed by atoms with Crippen molar-refractivity contribution < 1.29 is 27.8 Å².